The van der Waals surface area contributed by atoms with E-state index in [4.69, 9.17) is 13.0 Å². The Morgan fingerprint density at radius 3 is 1.90 bits per heavy atom. The van der Waals surface area contributed by atoms with Gasteiger partial charge in [0.1, 0.15) is 0 Å². The average molecular weight is 556 g/mol. The largest absolute Gasteiger partial charge is 0.480 e. The number of terminal acetylenes is 1. The maximum absolute atomic E-state index is 11.6. The second-order valence-electron chi connectivity index (χ2n) is 9.94. The van der Waals surface area contributed by atoms with Crippen molar-refractivity contribution in [2.45, 2.75) is 39.2 Å². The van der Waals surface area contributed by atoms with Gasteiger partial charge < -0.3 is 10.2 Å². The maximum atomic E-state index is 11.6. The molecule has 10 heteroatoms. The lowest BCUT2D eigenvalue weighted by atomic mass is 10.2. The van der Waals surface area contributed by atoms with E-state index in [2.05, 4.69) is 45.1 Å². The Morgan fingerprint density at radius 2 is 1.48 bits per heavy atom. The maximum Gasteiger partial charge on any atom is 0.317 e. The summed E-state index contributed by atoms with van der Waals surface area (Å²) >= 11 is 0. The van der Waals surface area contributed by atoms with Gasteiger partial charge >= 0.3 is 18.0 Å². The second kappa shape index (κ2) is 20.6. The highest BCUT2D eigenvalue weighted by Crippen LogP contribution is 2.08. The van der Waals surface area contributed by atoms with Crippen molar-refractivity contribution in [3.63, 3.8) is 0 Å². The lowest BCUT2D eigenvalue weighted by molar-refractivity contribution is -0.139. The molecule has 1 aliphatic heterocycles. The van der Waals surface area contributed by atoms with Crippen molar-refractivity contribution in [1.82, 2.24) is 19.6 Å². The van der Waals surface area contributed by atoms with Crippen LogP contribution in [0.15, 0.2) is 41.6 Å². The summed E-state index contributed by atoms with van der Waals surface area (Å²) in [6.07, 6.45) is 16.2. The molecule has 10 nitrogen and oxygen atoms in total. The number of hydrogen-bond acceptors (Lipinski definition) is 7. The quantitative estimate of drug-likeness (QED) is 0.111. The fourth-order valence-electron chi connectivity index (χ4n) is 4.35. The van der Waals surface area contributed by atoms with Crippen molar-refractivity contribution >= 4 is 17.7 Å². The van der Waals surface area contributed by atoms with Crippen LogP contribution >= 0.6 is 0 Å². The molecule has 1 unspecified atom stereocenters. The molecular weight excluding hydrogens is 508 g/mol. The van der Waals surface area contributed by atoms with Gasteiger partial charge in [0.15, 0.2) is 0 Å². The van der Waals surface area contributed by atoms with E-state index >= 15 is 0 Å². The number of carboxylic acids is 2. The number of rotatable bonds is 14. The van der Waals surface area contributed by atoms with Crippen molar-refractivity contribution in [3.8, 4) is 18.9 Å². The number of hydrogen-bond donors (Lipinski definition) is 2. The predicted molar refractivity (Wildman–Crippen MR) is 162 cm³/mol. The van der Waals surface area contributed by atoms with Gasteiger partial charge in [-0.3, -0.25) is 29.2 Å². The van der Waals surface area contributed by atoms with Gasteiger partial charge in [-0.05, 0) is 25.5 Å². The summed E-state index contributed by atoms with van der Waals surface area (Å²) < 4.78 is 0. The SMILES string of the molecule is C#CC(C)=N/C(=C\C=C)CN1CCN(CC(=O)O)CCN(CC(C=CCCCC)[N+]#C)CCN(CC(=O)O)CC1. The van der Waals surface area contributed by atoms with E-state index in [1.54, 1.807) is 19.1 Å². The molecule has 1 atom stereocenters. The Hall–Kier alpha value is -3.28. The molecule has 0 aliphatic carbocycles. The Bertz CT molecular complexity index is 946. The van der Waals surface area contributed by atoms with E-state index in [9.17, 15) is 19.8 Å². The van der Waals surface area contributed by atoms with Crippen molar-refractivity contribution < 1.29 is 19.8 Å². The summed E-state index contributed by atoms with van der Waals surface area (Å²) in [7, 11) is 0. The summed E-state index contributed by atoms with van der Waals surface area (Å²) in [6.45, 7) is 18.8. The van der Waals surface area contributed by atoms with Gasteiger partial charge in [0.25, 0.3) is 6.57 Å². The number of allylic oxidation sites excluding steroid dienone is 3. The summed E-state index contributed by atoms with van der Waals surface area (Å²) in [6, 6.07) is -0.191. The number of nitrogens with zero attached hydrogens (tertiary/aromatic N) is 6. The first-order chi connectivity index (χ1) is 19.2. The minimum atomic E-state index is -0.881. The lowest BCUT2D eigenvalue weighted by Gasteiger charge is -2.33. The van der Waals surface area contributed by atoms with Crippen LogP contribution in [0.3, 0.4) is 0 Å². The normalized spacial score (nSPS) is 18.8. The van der Waals surface area contributed by atoms with Crippen LogP contribution in [-0.4, -0.2) is 132 Å². The van der Waals surface area contributed by atoms with Gasteiger partial charge in [-0.15, -0.1) is 6.42 Å². The van der Waals surface area contributed by atoms with Crippen LogP contribution in [0.5, 0.6) is 0 Å². The number of unbranched alkanes of at least 4 members (excludes halogenated alkanes) is 2. The Balaban J connectivity index is 3.15. The Morgan fingerprint density at radius 1 is 0.975 bits per heavy atom. The molecule has 0 saturated carbocycles. The predicted octanol–water partition coefficient (Wildman–Crippen LogP) is 2.62. The monoisotopic (exact) mass is 555 g/mol. The van der Waals surface area contributed by atoms with E-state index in [0.29, 0.717) is 71.2 Å². The van der Waals surface area contributed by atoms with Crippen LogP contribution in [0.2, 0.25) is 0 Å². The van der Waals surface area contributed by atoms with Crippen molar-refractivity contribution in [2.75, 3.05) is 78.5 Å². The first-order valence-corrected chi connectivity index (χ1v) is 13.9. The molecule has 0 aromatic carbocycles. The molecule has 1 fully saturated rings. The third kappa shape index (κ3) is 16.0. The molecule has 220 valence electrons. The topological polar surface area (TPSA) is 104 Å². The third-order valence-electron chi connectivity index (χ3n) is 6.58. The minimum Gasteiger partial charge on any atom is -0.480 e. The molecule has 0 aromatic heterocycles. The first-order valence-electron chi connectivity index (χ1n) is 13.9. The molecule has 1 rings (SSSR count). The number of aliphatic imine (C=N–C) groups is 1. The van der Waals surface area contributed by atoms with Gasteiger partial charge in [0.05, 0.1) is 31.0 Å². The molecule has 1 saturated heterocycles. The highest BCUT2D eigenvalue weighted by atomic mass is 16.4. The van der Waals surface area contributed by atoms with Gasteiger partial charge in [-0.2, -0.15) is 0 Å². The molecular formula is C30H47N6O4+. The van der Waals surface area contributed by atoms with Crippen LogP contribution < -0.4 is 0 Å². The lowest BCUT2D eigenvalue weighted by Crippen LogP contribution is -2.48. The van der Waals surface area contributed by atoms with Crippen LogP contribution in [0.25, 0.3) is 4.85 Å². The summed E-state index contributed by atoms with van der Waals surface area (Å²) in [5.74, 6) is 0.766. The number of carboxylic acid groups (broad SMARTS) is 2. The Labute approximate surface area is 240 Å². The van der Waals surface area contributed by atoms with Gasteiger partial charge in [-0.1, -0.05) is 49.3 Å². The van der Waals surface area contributed by atoms with Gasteiger partial charge in [-0.25, -0.2) is 4.99 Å². The van der Waals surface area contributed by atoms with Crippen LogP contribution in [-0.2, 0) is 9.59 Å². The highest BCUT2D eigenvalue weighted by Gasteiger charge is 2.23. The summed E-state index contributed by atoms with van der Waals surface area (Å²) in [5.41, 5.74) is 1.28. The molecule has 1 heterocycles. The van der Waals surface area contributed by atoms with Crippen LogP contribution in [0, 0.1) is 18.9 Å². The fraction of sp³-hybridized carbons (Fsp3) is 0.600. The zero-order chi connectivity index (χ0) is 29.8. The molecule has 0 amide bonds. The van der Waals surface area contributed by atoms with Gasteiger partial charge in [0, 0.05) is 58.9 Å². The summed E-state index contributed by atoms with van der Waals surface area (Å²) in [5, 5.41) is 19.1. The van der Waals surface area contributed by atoms with E-state index in [1.807, 2.05) is 15.9 Å². The molecule has 0 spiro atoms. The van der Waals surface area contributed by atoms with Crippen molar-refractivity contribution in [3.05, 3.63) is 41.4 Å². The number of aliphatic carboxylic acids is 2. The highest BCUT2D eigenvalue weighted by molar-refractivity contribution is 5.98. The van der Waals surface area contributed by atoms with E-state index in [0.717, 1.165) is 25.0 Å². The van der Waals surface area contributed by atoms with Gasteiger partial charge in [0.2, 0.25) is 0 Å². The molecule has 1 aliphatic rings. The zero-order valence-electron chi connectivity index (χ0n) is 24.2. The molecule has 0 aromatic rings. The number of carbonyl (C=O) groups is 2. The van der Waals surface area contributed by atoms with Crippen LogP contribution in [0.1, 0.15) is 33.1 Å². The molecule has 0 radical (unpaired) electrons. The van der Waals surface area contributed by atoms with Crippen LogP contribution in [0.4, 0.5) is 0 Å². The molecule has 0 bridgehead atoms. The average Bonchev–Trinajstić information content (AvgIpc) is 2.90. The van der Waals surface area contributed by atoms with E-state index in [-0.39, 0.29) is 19.1 Å². The van der Waals surface area contributed by atoms with E-state index < -0.39 is 11.9 Å². The van der Waals surface area contributed by atoms with Crippen molar-refractivity contribution in [1.29, 1.82) is 0 Å². The standard InChI is InChI=1S/C30H46N6O4/c1-6-9-10-11-13-27(31-5)22-33-14-18-35(24-29(37)38)20-16-34(17-21-36(19-15-33)25-30(39)40)23-28(12-7-2)32-26(4)8-3/h3,5,7,11-13,27H,2,6,9-10,14-25H2,1,4H3,(H-,37,38,39,40)/p+1/b13-11?,28-12-,32-26?. The first kappa shape index (κ1) is 34.7. The minimum absolute atomic E-state index is 0.0713. The van der Waals surface area contributed by atoms with E-state index in [1.165, 1.54) is 0 Å². The molecule has 40 heavy (non-hydrogen) atoms. The molecule has 2 N–H and O–H groups in total. The van der Waals surface area contributed by atoms with Crippen molar-refractivity contribution in [2.24, 2.45) is 4.99 Å². The zero-order valence-corrected chi connectivity index (χ0v) is 24.2. The summed E-state index contributed by atoms with van der Waals surface area (Å²) in [4.78, 5) is 40.0. The Kier molecular flexibility index (Phi) is 17.9. The smallest absolute Gasteiger partial charge is 0.317 e. The third-order valence-corrected chi connectivity index (χ3v) is 6.58. The fourth-order valence-corrected chi connectivity index (χ4v) is 4.35. The second-order valence-corrected chi connectivity index (χ2v) is 9.94.